The number of fused-ring (bicyclic) bond motifs is 1. The third-order valence-corrected chi connectivity index (χ3v) is 4.69. The minimum atomic E-state index is -0.101. The summed E-state index contributed by atoms with van der Waals surface area (Å²) in [6, 6.07) is 13.8. The summed E-state index contributed by atoms with van der Waals surface area (Å²) in [7, 11) is 1.61. The van der Waals surface area contributed by atoms with Crippen molar-refractivity contribution in [2.24, 2.45) is 0 Å². The number of benzene rings is 2. The number of methoxy groups -OCH3 is 1. The van der Waals surface area contributed by atoms with Crippen LogP contribution >= 0.6 is 0 Å². The van der Waals surface area contributed by atoms with E-state index in [4.69, 9.17) is 4.74 Å². The molecule has 1 heterocycles. The number of amides is 3. The molecule has 1 aliphatic rings. The summed E-state index contributed by atoms with van der Waals surface area (Å²) in [4.78, 5) is 28.3. The van der Waals surface area contributed by atoms with Gasteiger partial charge in [0.15, 0.2) is 0 Å². The van der Waals surface area contributed by atoms with Gasteiger partial charge in [0, 0.05) is 45.2 Å². The average Bonchev–Trinajstić information content (AvgIpc) is 2.69. The van der Waals surface area contributed by atoms with Crippen molar-refractivity contribution in [1.82, 2.24) is 15.1 Å². The second-order valence-corrected chi connectivity index (χ2v) is 6.56. The van der Waals surface area contributed by atoms with Crippen molar-refractivity contribution in [3.63, 3.8) is 0 Å². The molecule has 2 aromatic rings. The first-order valence-electron chi connectivity index (χ1n) is 9.19. The smallest absolute Gasteiger partial charge is 0.321 e. The zero-order valence-corrected chi connectivity index (χ0v) is 15.6. The van der Waals surface area contributed by atoms with Gasteiger partial charge in [0.1, 0.15) is 0 Å². The van der Waals surface area contributed by atoms with Gasteiger partial charge < -0.3 is 20.3 Å². The van der Waals surface area contributed by atoms with Crippen molar-refractivity contribution in [3.8, 4) is 0 Å². The Balaban J connectivity index is 1.49. The Kier molecular flexibility index (Phi) is 6.62. The van der Waals surface area contributed by atoms with Crippen molar-refractivity contribution in [2.45, 2.75) is 0 Å². The van der Waals surface area contributed by atoms with Crippen LogP contribution in [0.5, 0.6) is 0 Å². The molecule has 1 saturated heterocycles. The van der Waals surface area contributed by atoms with Gasteiger partial charge in [-0.1, -0.05) is 36.4 Å². The Bertz CT molecular complexity index is 782. The maximum atomic E-state index is 12.6. The highest BCUT2D eigenvalue weighted by molar-refractivity contribution is 6.01. The summed E-state index contributed by atoms with van der Waals surface area (Å²) in [6.45, 7) is 3.93. The largest absolute Gasteiger partial charge is 0.383 e. The summed E-state index contributed by atoms with van der Waals surface area (Å²) >= 11 is 0. The molecule has 0 bridgehead atoms. The number of carbonyl (C=O) groups excluding carboxylic acids is 2. The molecule has 2 aromatic carbocycles. The Morgan fingerprint density at radius 3 is 2.56 bits per heavy atom. The number of urea groups is 1. The van der Waals surface area contributed by atoms with E-state index in [0.29, 0.717) is 45.9 Å². The monoisotopic (exact) mass is 370 g/mol. The van der Waals surface area contributed by atoms with Gasteiger partial charge in [0.05, 0.1) is 18.8 Å². The second-order valence-electron chi connectivity index (χ2n) is 6.56. The summed E-state index contributed by atoms with van der Waals surface area (Å²) in [5.74, 6) is -0.0132. The summed E-state index contributed by atoms with van der Waals surface area (Å²) in [5.41, 5.74) is 0.818. The minimum absolute atomic E-state index is 0.0132. The van der Waals surface area contributed by atoms with E-state index in [-0.39, 0.29) is 11.9 Å². The summed E-state index contributed by atoms with van der Waals surface area (Å²) in [6.07, 6.45) is 0. The first-order chi connectivity index (χ1) is 13.2. The molecule has 7 nitrogen and oxygen atoms in total. The van der Waals surface area contributed by atoms with E-state index in [1.54, 1.807) is 12.0 Å². The lowest BCUT2D eigenvalue weighted by Gasteiger charge is -2.34. The number of nitrogens with zero attached hydrogens (tertiary/aromatic N) is 2. The van der Waals surface area contributed by atoms with Crippen molar-refractivity contribution < 1.29 is 14.3 Å². The maximum Gasteiger partial charge on any atom is 0.321 e. The molecular formula is C20H26N4O3. The minimum Gasteiger partial charge on any atom is -0.383 e. The van der Waals surface area contributed by atoms with Gasteiger partial charge in [-0.3, -0.25) is 9.69 Å². The molecule has 0 spiro atoms. The molecule has 3 rings (SSSR count). The topological polar surface area (TPSA) is 73.9 Å². The van der Waals surface area contributed by atoms with Gasteiger partial charge in [-0.05, 0) is 11.5 Å². The number of rotatable bonds is 6. The van der Waals surface area contributed by atoms with Gasteiger partial charge in [-0.2, -0.15) is 0 Å². The van der Waals surface area contributed by atoms with Crippen molar-refractivity contribution in [2.75, 3.05) is 58.3 Å². The molecular weight excluding hydrogens is 344 g/mol. The van der Waals surface area contributed by atoms with E-state index < -0.39 is 0 Å². The quantitative estimate of drug-likeness (QED) is 0.760. The summed E-state index contributed by atoms with van der Waals surface area (Å²) in [5, 5.41) is 7.96. The first-order valence-corrected chi connectivity index (χ1v) is 9.19. The molecule has 0 aliphatic carbocycles. The van der Waals surface area contributed by atoms with Gasteiger partial charge >= 0.3 is 6.03 Å². The predicted octanol–water partition coefficient (Wildman–Crippen LogP) is 1.75. The molecule has 7 heteroatoms. The van der Waals surface area contributed by atoms with Crippen molar-refractivity contribution >= 4 is 28.4 Å². The van der Waals surface area contributed by atoms with E-state index in [1.165, 1.54) is 0 Å². The average molecular weight is 370 g/mol. The number of nitrogens with one attached hydrogen (secondary N) is 2. The zero-order valence-electron chi connectivity index (χ0n) is 15.6. The van der Waals surface area contributed by atoms with Crippen LogP contribution in [0.15, 0.2) is 42.5 Å². The van der Waals surface area contributed by atoms with E-state index >= 15 is 0 Å². The van der Waals surface area contributed by atoms with Crippen LogP contribution in [0.4, 0.5) is 10.5 Å². The van der Waals surface area contributed by atoms with Crippen molar-refractivity contribution in [1.29, 1.82) is 0 Å². The molecule has 0 unspecified atom stereocenters. The number of carbonyl (C=O) groups is 2. The lowest BCUT2D eigenvalue weighted by Crippen LogP contribution is -2.52. The SMILES string of the molecule is COCCNC(=O)CN1CCN(C(=O)Nc2cccc3ccccc23)CC1. The standard InChI is InChI=1S/C20H26N4O3/c1-27-14-9-21-19(25)15-23-10-12-24(13-11-23)20(26)22-18-8-4-6-16-5-2-3-7-17(16)18/h2-8H,9-15H2,1H3,(H,21,25)(H,22,26). The van der Waals surface area contributed by atoms with Crippen LogP contribution in [0, 0.1) is 0 Å². The van der Waals surface area contributed by atoms with E-state index in [2.05, 4.69) is 15.5 Å². The molecule has 27 heavy (non-hydrogen) atoms. The van der Waals surface area contributed by atoms with Crippen LogP contribution in [-0.4, -0.2) is 74.7 Å². The lowest BCUT2D eigenvalue weighted by molar-refractivity contribution is -0.122. The molecule has 0 saturated carbocycles. The lowest BCUT2D eigenvalue weighted by atomic mass is 10.1. The Morgan fingerprint density at radius 2 is 1.78 bits per heavy atom. The molecule has 0 atom stereocenters. The highest BCUT2D eigenvalue weighted by Crippen LogP contribution is 2.23. The molecule has 1 aliphatic heterocycles. The third kappa shape index (κ3) is 5.18. The van der Waals surface area contributed by atoms with Crippen LogP contribution < -0.4 is 10.6 Å². The van der Waals surface area contributed by atoms with Gasteiger partial charge in [-0.15, -0.1) is 0 Å². The number of hydrogen-bond acceptors (Lipinski definition) is 4. The fourth-order valence-electron chi connectivity index (χ4n) is 3.19. The fraction of sp³-hybridized carbons (Fsp3) is 0.400. The highest BCUT2D eigenvalue weighted by atomic mass is 16.5. The van der Waals surface area contributed by atoms with Crippen LogP contribution in [0.25, 0.3) is 10.8 Å². The van der Waals surface area contributed by atoms with Crippen molar-refractivity contribution in [3.05, 3.63) is 42.5 Å². The highest BCUT2D eigenvalue weighted by Gasteiger charge is 2.22. The van der Waals surface area contributed by atoms with Crippen LogP contribution in [0.2, 0.25) is 0 Å². The molecule has 144 valence electrons. The Morgan fingerprint density at radius 1 is 1.04 bits per heavy atom. The number of ether oxygens (including phenoxy) is 1. The number of piperazine rings is 1. The van der Waals surface area contributed by atoms with E-state index in [9.17, 15) is 9.59 Å². The van der Waals surface area contributed by atoms with Crippen LogP contribution in [0.3, 0.4) is 0 Å². The van der Waals surface area contributed by atoms with Crippen LogP contribution in [0.1, 0.15) is 0 Å². The zero-order chi connectivity index (χ0) is 19.1. The molecule has 3 amide bonds. The van der Waals surface area contributed by atoms with Gasteiger partial charge in [0.25, 0.3) is 0 Å². The van der Waals surface area contributed by atoms with Crippen LogP contribution in [-0.2, 0) is 9.53 Å². The molecule has 0 radical (unpaired) electrons. The molecule has 0 aromatic heterocycles. The molecule has 1 fully saturated rings. The fourth-order valence-corrected chi connectivity index (χ4v) is 3.19. The predicted molar refractivity (Wildman–Crippen MR) is 106 cm³/mol. The van der Waals surface area contributed by atoms with Gasteiger partial charge in [0.2, 0.25) is 5.91 Å². The summed E-state index contributed by atoms with van der Waals surface area (Å²) < 4.78 is 4.92. The maximum absolute atomic E-state index is 12.6. The van der Waals surface area contributed by atoms with E-state index in [1.807, 2.05) is 42.5 Å². The third-order valence-electron chi connectivity index (χ3n) is 4.69. The number of hydrogen-bond donors (Lipinski definition) is 2. The van der Waals surface area contributed by atoms with Gasteiger partial charge in [-0.25, -0.2) is 4.79 Å². The normalized spacial score (nSPS) is 14.9. The number of anilines is 1. The molecule has 2 N–H and O–H groups in total. The first kappa shape index (κ1) is 19.1. The second kappa shape index (κ2) is 9.34. The Labute approximate surface area is 159 Å². The van der Waals surface area contributed by atoms with E-state index in [0.717, 1.165) is 16.5 Å². The Hall–Kier alpha value is -2.64.